The lowest BCUT2D eigenvalue weighted by molar-refractivity contribution is 0.291. The fourth-order valence-corrected chi connectivity index (χ4v) is 2.48. The van der Waals surface area contributed by atoms with Crippen molar-refractivity contribution in [3.63, 3.8) is 0 Å². The Balaban J connectivity index is 2.47. The first kappa shape index (κ1) is 10.6. The van der Waals surface area contributed by atoms with Gasteiger partial charge in [-0.1, -0.05) is 0 Å². The van der Waals surface area contributed by atoms with Gasteiger partial charge in [-0.2, -0.15) is 0 Å². The van der Waals surface area contributed by atoms with Crippen LogP contribution in [0.1, 0.15) is 17.5 Å². The molecule has 0 radical (unpaired) electrons. The van der Waals surface area contributed by atoms with Crippen molar-refractivity contribution in [2.45, 2.75) is 19.8 Å². The van der Waals surface area contributed by atoms with Crippen molar-refractivity contribution < 1.29 is 4.74 Å². The van der Waals surface area contributed by atoms with E-state index in [1.165, 1.54) is 0 Å². The third-order valence-corrected chi connectivity index (χ3v) is 3.25. The molecule has 5 heteroatoms. The van der Waals surface area contributed by atoms with Crippen LogP contribution in [0.4, 0.5) is 0 Å². The molecule has 4 nitrogen and oxygen atoms in total. The van der Waals surface area contributed by atoms with E-state index in [1.54, 1.807) is 0 Å². The Labute approximate surface area is 103 Å². The highest BCUT2D eigenvalue weighted by Crippen LogP contribution is 2.33. The summed E-state index contributed by atoms with van der Waals surface area (Å²) in [6, 6.07) is 1.89. The average molecular weight is 251 g/mol. The highest BCUT2D eigenvalue weighted by atomic mass is 35.5. The van der Waals surface area contributed by atoms with E-state index in [1.807, 2.05) is 13.0 Å². The first-order valence-corrected chi connectivity index (χ1v) is 5.89. The number of fused-ring (bicyclic) bond motifs is 3. The molecule has 3 rings (SSSR count). The number of aromatic nitrogens is 2. The van der Waals surface area contributed by atoms with Gasteiger partial charge in [0.25, 0.3) is 5.56 Å². The zero-order valence-electron chi connectivity index (χ0n) is 9.34. The summed E-state index contributed by atoms with van der Waals surface area (Å²) in [6.07, 6.45) is 1.93. The number of halogens is 1. The maximum absolute atomic E-state index is 11.9. The first-order valence-electron chi connectivity index (χ1n) is 5.51. The van der Waals surface area contributed by atoms with Crippen LogP contribution in [-0.4, -0.2) is 16.6 Å². The van der Waals surface area contributed by atoms with Gasteiger partial charge < -0.3 is 4.74 Å². The summed E-state index contributed by atoms with van der Waals surface area (Å²) >= 11 is 5.75. The highest BCUT2D eigenvalue weighted by Gasteiger charge is 2.19. The second kappa shape index (κ2) is 3.74. The summed E-state index contributed by atoms with van der Waals surface area (Å²) in [6.45, 7) is 2.65. The van der Waals surface area contributed by atoms with E-state index >= 15 is 0 Å². The quantitative estimate of drug-likeness (QED) is 0.730. The monoisotopic (exact) mass is 250 g/mol. The third kappa shape index (κ3) is 1.60. The Kier molecular flexibility index (Phi) is 2.33. The number of nitrogens with one attached hydrogen (secondary N) is 1. The van der Waals surface area contributed by atoms with Gasteiger partial charge in [0.1, 0.15) is 11.1 Å². The van der Waals surface area contributed by atoms with Crippen LogP contribution in [0, 0.1) is 6.92 Å². The molecule has 0 unspecified atom stereocenters. The van der Waals surface area contributed by atoms with E-state index in [2.05, 4.69) is 9.97 Å². The summed E-state index contributed by atoms with van der Waals surface area (Å²) in [5, 5.41) is 0.618. The number of nitrogens with zero attached hydrogens (tertiary/aromatic N) is 1. The second-order valence-corrected chi connectivity index (χ2v) is 4.56. The van der Waals surface area contributed by atoms with Gasteiger partial charge in [0.15, 0.2) is 0 Å². The molecule has 1 aliphatic heterocycles. The molecule has 0 amide bonds. The molecule has 88 valence electrons. The molecule has 2 heterocycles. The predicted octanol–water partition coefficient (Wildman–Crippen LogP) is 2.21. The van der Waals surface area contributed by atoms with Crippen molar-refractivity contribution in [3.8, 4) is 5.75 Å². The maximum Gasteiger partial charge on any atom is 0.263 e. The van der Waals surface area contributed by atoms with Gasteiger partial charge in [-0.15, -0.1) is 0 Å². The Morgan fingerprint density at radius 3 is 3.18 bits per heavy atom. The number of aromatic amines is 1. The van der Waals surface area contributed by atoms with Crippen LogP contribution in [0.2, 0.25) is 5.28 Å². The van der Waals surface area contributed by atoms with Crippen molar-refractivity contribution in [2.24, 2.45) is 0 Å². The van der Waals surface area contributed by atoms with Crippen molar-refractivity contribution in [1.82, 2.24) is 9.97 Å². The van der Waals surface area contributed by atoms with Crippen LogP contribution in [0.5, 0.6) is 5.75 Å². The molecule has 2 aromatic rings. The molecular weight excluding hydrogens is 240 g/mol. The molecule has 17 heavy (non-hydrogen) atoms. The van der Waals surface area contributed by atoms with E-state index in [4.69, 9.17) is 16.3 Å². The van der Waals surface area contributed by atoms with E-state index in [0.29, 0.717) is 23.3 Å². The topological polar surface area (TPSA) is 55.0 Å². The minimum absolute atomic E-state index is 0.109. The summed E-state index contributed by atoms with van der Waals surface area (Å²) < 4.78 is 5.64. The van der Waals surface area contributed by atoms with Gasteiger partial charge in [0, 0.05) is 0 Å². The molecule has 0 bridgehead atoms. The number of benzene rings is 1. The summed E-state index contributed by atoms with van der Waals surface area (Å²) in [5.74, 6) is 0.677. The molecule has 0 saturated carbocycles. The van der Waals surface area contributed by atoms with E-state index in [-0.39, 0.29) is 10.8 Å². The third-order valence-electron chi connectivity index (χ3n) is 3.07. The molecule has 0 atom stereocenters. The number of rotatable bonds is 0. The average Bonchev–Trinajstić information content (AvgIpc) is 2.28. The molecule has 1 aromatic heterocycles. The van der Waals surface area contributed by atoms with E-state index < -0.39 is 0 Å². The summed E-state index contributed by atoms with van der Waals surface area (Å²) in [7, 11) is 0. The predicted molar refractivity (Wildman–Crippen MR) is 65.9 cm³/mol. The van der Waals surface area contributed by atoms with Crippen LogP contribution in [-0.2, 0) is 6.42 Å². The first-order chi connectivity index (χ1) is 8.16. The van der Waals surface area contributed by atoms with Crippen LogP contribution >= 0.6 is 11.6 Å². The van der Waals surface area contributed by atoms with Crippen molar-refractivity contribution in [1.29, 1.82) is 0 Å². The second-order valence-electron chi connectivity index (χ2n) is 4.20. The van der Waals surface area contributed by atoms with Crippen LogP contribution in [0.15, 0.2) is 10.9 Å². The number of hydrogen-bond donors (Lipinski definition) is 1. The fourth-order valence-electron chi connectivity index (χ4n) is 2.30. The van der Waals surface area contributed by atoms with Crippen molar-refractivity contribution in [2.75, 3.05) is 6.61 Å². The SMILES string of the molecule is Cc1cc2nc(Cl)[nH]c(=O)c2c2c1CCCO2. The number of aryl methyl sites for hydroxylation is 1. The Morgan fingerprint density at radius 1 is 1.53 bits per heavy atom. The fraction of sp³-hybridized carbons (Fsp3) is 0.333. The van der Waals surface area contributed by atoms with Gasteiger partial charge in [-0.05, 0) is 48.6 Å². The number of hydrogen-bond acceptors (Lipinski definition) is 3. The lowest BCUT2D eigenvalue weighted by atomic mass is 9.98. The number of H-pyrrole nitrogens is 1. The number of ether oxygens (including phenoxy) is 1. The highest BCUT2D eigenvalue weighted by molar-refractivity contribution is 6.28. The molecule has 0 saturated heterocycles. The van der Waals surface area contributed by atoms with Gasteiger partial charge in [-0.3, -0.25) is 9.78 Å². The maximum atomic E-state index is 11.9. The molecule has 0 aliphatic carbocycles. The zero-order chi connectivity index (χ0) is 12.0. The zero-order valence-corrected chi connectivity index (χ0v) is 10.1. The van der Waals surface area contributed by atoms with Crippen LogP contribution in [0.25, 0.3) is 10.9 Å². The van der Waals surface area contributed by atoms with Crippen molar-refractivity contribution in [3.05, 3.63) is 32.8 Å². The largest absolute Gasteiger partial charge is 0.492 e. The Bertz CT molecular complexity index is 664. The lowest BCUT2D eigenvalue weighted by Gasteiger charge is -2.20. The van der Waals surface area contributed by atoms with Crippen molar-refractivity contribution >= 4 is 22.5 Å². The van der Waals surface area contributed by atoms with Gasteiger partial charge in [0.2, 0.25) is 5.28 Å². The Morgan fingerprint density at radius 2 is 2.35 bits per heavy atom. The van der Waals surface area contributed by atoms with Gasteiger partial charge in [0.05, 0.1) is 12.1 Å². The molecule has 1 N–H and O–H groups in total. The smallest absolute Gasteiger partial charge is 0.263 e. The normalized spacial score (nSPS) is 14.5. The Hall–Kier alpha value is -1.55. The molecule has 1 aliphatic rings. The lowest BCUT2D eigenvalue weighted by Crippen LogP contribution is -2.16. The van der Waals surface area contributed by atoms with Gasteiger partial charge in [-0.25, -0.2) is 4.98 Å². The van der Waals surface area contributed by atoms with E-state index in [0.717, 1.165) is 24.0 Å². The van der Waals surface area contributed by atoms with Gasteiger partial charge >= 0.3 is 0 Å². The standard InChI is InChI=1S/C12H11ClN2O2/c1-6-5-8-9(11(16)15-12(13)14-8)10-7(6)3-2-4-17-10/h5H,2-4H2,1H3,(H,14,15,16). The molecule has 0 fully saturated rings. The van der Waals surface area contributed by atoms with Crippen LogP contribution in [0.3, 0.4) is 0 Å². The summed E-state index contributed by atoms with van der Waals surface area (Å²) in [4.78, 5) is 18.6. The molecule has 1 aromatic carbocycles. The molecular formula is C12H11ClN2O2. The van der Waals surface area contributed by atoms with E-state index in [9.17, 15) is 4.79 Å². The minimum Gasteiger partial charge on any atom is -0.492 e. The minimum atomic E-state index is -0.238. The molecule has 0 spiro atoms. The van der Waals surface area contributed by atoms with Crippen LogP contribution < -0.4 is 10.3 Å². The summed E-state index contributed by atoms with van der Waals surface area (Å²) in [5.41, 5.74) is 2.56.